The van der Waals surface area contributed by atoms with Crippen LogP contribution < -0.4 is 5.32 Å². The first-order valence-corrected chi connectivity index (χ1v) is 8.59. The maximum Gasteiger partial charge on any atom is 0.231 e. The number of rotatable bonds is 6. The van der Waals surface area contributed by atoms with Crippen molar-refractivity contribution in [1.82, 2.24) is 25.5 Å². The zero-order chi connectivity index (χ0) is 17.9. The molecule has 3 aromatic rings. The van der Waals surface area contributed by atoms with Crippen molar-refractivity contribution in [3.8, 4) is 11.4 Å². The van der Waals surface area contributed by atoms with Crippen LogP contribution in [0.4, 0.5) is 0 Å². The van der Waals surface area contributed by atoms with Gasteiger partial charge in [-0.25, -0.2) is 4.98 Å². The monoisotopic (exact) mass is 345 g/mol. The van der Waals surface area contributed by atoms with E-state index in [0.717, 1.165) is 28.1 Å². The summed E-state index contributed by atoms with van der Waals surface area (Å²) in [4.78, 5) is 20.9. The average Bonchev–Trinajstić information content (AvgIpc) is 3.13. The summed E-state index contributed by atoms with van der Waals surface area (Å²) in [7, 11) is 0. The molecule has 2 heterocycles. The molecule has 1 aliphatic rings. The van der Waals surface area contributed by atoms with Crippen LogP contribution in [-0.2, 0) is 11.2 Å². The highest BCUT2D eigenvalue weighted by Crippen LogP contribution is 2.46. The standard InChI is InChI=1S/C20H19N5O/c1-13-17(14-6-3-2-4-7-14)18(13)20(26)22-11-9-16-23-19(25-24-16)15-8-5-10-21-12-15/h2-8,10,12,18H,9,11H2,1H3,(H,22,26)(H,23,24,25). The molecule has 6 heteroatoms. The normalized spacial score (nSPS) is 15.8. The van der Waals surface area contributed by atoms with Gasteiger partial charge in [0.2, 0.25) is 5.91 Å². The van der Waals surface area contributed by atoms with Gasteiger partial charge in [0.25, 0.3) is 0 Å². The Labute approximate surface area is 151 Å². The average molecular weight is 345 g/mol. The van der Waals surface area contributed by atoms with Crippen LogP contribution in [0.2, 0.25) is 0 Å². The van der Waals surface area contributed by atoms with Crippen LogP contribution in [0, 0.1) is 5.92 Å². The highest BCUT2D eigenvalue weighted by Gasteiger charge is 2.39. The third kappa shape index (κ3) is 3.26. The lowest BCUT2D eigenvalue weighted by atomic mass is 10.1. The Morgan fingerprint density at radius 2 is 1.96 bits per heavy atom. The molecule has 1 aliphatic carbocycles. The van der Waals surface area contributed by atoms with E-state index in [4.69, 9.17) is 0 Å². The smallest absolute Gasteiger partial charge is 0.231 e. The first kappa shape index (κ1) is 16.2. The Morgan fingerprint density at radius 1 is 1.15 bits per heavy atom. The van der Waals surface area contributed by atoms with Crippen molar-refractivity contribution < 1.29 is 4.79 Å². The van der Waals surface area contributed by atoms with Gasteiger partial charge >= 0.3 is 0 Å². The number of aromatic amines is 1. The fourth-order valence-corrected chi connectivity index (χ4v) is 3.11. The quantitative estimate of drug-likeness (QED) is 0.719. The minimum Gasteiger partial charge on any atom is -0.355 e. The zero-order valence-electron chi connectivity index (χ0n) is 14.4. The molecule has 0 aliphatic heterocycles. The largest absolute Gasteiger partial charge is 0.355 e. The summed E-state index contributed by atoms with van der Waals surface area (Å²) in [5, 5.41) is 10.1. The van der Waals surface area contributed by atoms with Gasteiger partial charge in [0, 0.05) is 30.9 Å². The van der Waals surface area contributed by atoms with Crippen LogP contribution in [0.15, 0.2) is 60.4 Å². The number of carbonyl (C=O) groups excluding carboxylic acids is 1. The Bertz CT molecular complexity index is 947. The predicted octanol–water partition coefficient (Wildman–Crippen LogP) is 2.63. The van der Waals surface area contributed by atoms with Gasteiger partial charge in [-0.15, -0.1) is 0 Å². The molecule has 0 saturated carbocycles. The highest BCUT2D eigenvalue weighted by atomic mass is 16.2. The van der Waals surface area contributed by atoms with Gasteiger partial charge in [-0.1, -0.05) is 35.9 Å². The van der Waals surface area contributed by atoms with Gasteiger partial charge in [-0.3, -0.25) is 14.9 Å². The van der Waals surface area contributed by atoms with E-state index in [1.54, 1.807) is 12.4 Å². The Hall–Kier alpha value is -3.28. The molecular weight excluding hydrogens is 326 g/mol. The van der Waals surface area contributed by atoms with Crippen molar-refractivity contribution in [3.63, 3.8) is 0 Å². The molecule has 0 fully saturated rings. The fourth-order valence-electron chi connectivity index (χ4n) is 3.11. The molecule has 6 nitrogen and oxygen atoms in total. The number of aromatic nitrogens is 4. The molecule has 0 bridgehead atoms. The summed E-state index contributed by atoms with van der Waals surface area (Å²) in [5.41, 5.74) is 4.28. The lowest BCUT2D eigenvalue weighted by Gasteiger charge is -2.04. The topological polar surface area (TPSA) is 83.6 Å². The second kappa shape index (κ2) is 6.92. The number of H-pyrrole nitrogens is 1. The number of nitrogens with one attached hydrogen (secondary N) is 2. The van der Waals surface area contributed by atoms with Gasteiger partial charge in [-0.05, 0) is 30.2 Å². The number of pyridine rings is 1. The number of amides is 1. The van der Waals surface area contributed by atoms with Crippen molar-refractivity contribution in [2.24, 2.45) is 5.92 Å². The maximum atomic E-state index is 12.4. The van der Waals surface area contributed by atoms with Crippen LogP contribution in [0.1, 0.15) is 18.3 Å². The molecule has 4 rings (SSSR count). The van der Waals surface area contributed by atoms with E-state index < -0.39 is 0 Å². The summed E-state index contributed by atoms with van der Waals surface area (Å²) < 4.78 is 0. The van der Waals surface area contributed by atoms with E-state index in [9.17, 15) is 4.79 Å². The zero-order valence-corrected chi connectivity index (χ0v) is 14.4. The molecule has 0 saturated heterocycles. The van der Waals surface area contributed by atoms with E-state index in [1.165, 1.54) is 0 Å². The molecule has 1 amide bonds. The van der Waals surface area contributed by atoms with Gasteiger partial charge < -0.3 is 5.32 Å². The molecule has 0 radical (unpaired) electrons. The minimum absolute atomic E-state index is 0.0494. The molecule has 1 unspecified atom stereocenters. The van der Waals surface area contributed by atoms with E-state index in [0.29, 0.717) is 18.8 Å². The van der Waals surface area contributed by atoms with Gasteiger partial charge in [0.1, 0.15) is 5.82 Å². The molecule has 26 heavy (non-hydrogen) atoms. The lowest BCUT2D eigenvalue weighted by molar-refractivity contribution is -0.121. The second-order valence-corrected chi connectivity index (χ2v) is 6.28. The Morgan fingerprint density at radius 3 is 2.73 bits per heavy atom. The second-order valence-electron chi connectivity index (χ2n) is 6.28. The number of carbonyl (C=O) groups is 1. The van der Waals surface area contributed by atoms with Crippen LogP contribution in [0.3, 0.4) is 0 Å². The third-order valence-corrected chi connectivity index (χ3v) is 4.52. The predicted molar refractivity (Wildman–Crippen MR) is 98.9 cm³/mol. The Balaban J connectivity index is 1.29. The summed E-state index contributed by atoms with van der Waals surface area (Å²) in [6, 6.07) is 13.8. The van der Waals surface area contributed by atoms with E-state index >= 15 is 0 Å². The van der Waals surface area contributed by atoms with Gasteiger partial charge in [-0.2, -0.15) is 5.10 Å². The lowest BCUT2D eigenvalue weighted by Crippen LogP contribution is -2.28. The van der Waals surface area contributed by atoms with Crippen molar-refractivity contribution in [1.29, 1.82) is 0 Å². The summed E-state index contributed by atoms with van der Waals surface area (Å²) in [6.07, 6.45) is 4.04. The summed E-state index contributed by atoms with van der Waals surface area (Å²) >= 11 is 0. The molecule has 1 aromatic carbocycles. The van der Waals surface area contributed by atoms with E-state index in [2.05, 4.69) is 25.5 Å². The van der Waals surface area contributed by atoms with Crippen molar-refractivity contribution in [2.75, 3.05) is 6.54 Å². The first-order chi connectivity index (χ1) is 12.7. The van der Waals surface area contributed by atoms with Gasteiger partial charge in [0.05, 0.1) is 5.92 Å². The maximum absolute atomic E-state index is 12.4. The number of nitrogens with zero attached hydrogens (tertiary/aromatic N) is 3. The number of benzene rings is 1. The van der Waals surface area contributed by atoms with Crippen LogP contribution in [-0.4, -0.2) is 32.6 Å². The van der Waals surface area contributed by atoms with Gasteiger partial charge in [0.15, 0.2) is 5.82 Å². The molecule has 130 valence electrons. The fraction of sp³-hybridized carbons (Fsp3) is 0.200. The van der Waals surface area contributed by atoms with Crippen molar-refractivity contribution >= 4 is 11.5 Å². The number of hydrogen-bond acceptors (Lipinski definition) is 4. The molecular formula is C20H19N5O. The number of hydrogen-bond donors (Lipinski definition) is 2. The summed E-state index contributed by atoms with van der Waals surface area (Å²) in [5.74, 6) is 1.31. The van der Waals surface area contributed by atoms with E-state index in [1.807, 2.05) is 49.4 Å². The molecule has 0 spiro atoms. The van der Waals surface area contributed by atoms with Crippen molar-refractivity contribution in [2.45, 2.75) is 13.3 Å². The highest BCUT2D eigenvalue weighted by molar-refractivity contribution is 6.05. The SMILES string of the molecule is CC1=C(c2ccccc2)C1C(=O)NCCc1nc(-c2cccnc2)n[nH]1. The molecule has 1 atom stereocenters. The van der Waals surface area contributed by atoms with Crippen LogP contribution >= 0.6 is 0 Å². The third-order valence-electron chi connectivity index (χ3n) is 4.52. The Kier molecular flexibility index (Phi) is 4.31. The van der Waals surface area contributed by atoms with Crippen LogP contribution in [0.5, 0.6) is 0 Å². The van der Waals surface area contributed by atoms with Crippen LogP contribution in [0.25, 0.3) is 17.0 Å². The summed E-state index contributed by atoms with van der Waals surface area (Å²) in [6.45, 7) is 2.54. The minimum atomic E-state index is -0.0990. The molecule has 2 aromatic heterocycles. The first-order valence-electron chi connectivity index (χ1n) is 8.59. The molecule has 2 N–H and O–H groups in total. The van der Waals surface area contributed by atoms with E-state index in [-0.39, 0.29) is 11.8 Å². The van der Waals surface area contributed by atoms with Crippen molar-refractivity contribution in [3.05, 3.63) is 71.8 Å².